The summed E-state index contributed by atoms with van der Waals surface area (Å²) in [5, 5.41) is 0. The van der Waals surface area contributed by atoms with E-state index in [1.807, 2.05) is 0 Å². The van der Waals surface area contributed by atoms with Crippen molar-refractivity contribution in [2.45, 2.75) is 12.5 Å². The van der Waals surface area contributed by atoms with E-state index in [0.717, 1.165) is 0 Å². The highest BCUT2D eigenvalue weighted by Gasteiger charge is 1.98. The quantitative estimate of drug-likeness (QED) is 0.493. The molecule has 0 fully saturated rings. The summed E-state index contributed by atoms with van der Waals surface area (Å²) in [4.78, 5) is 0.343. The second kappa shape index (κ2) is 2.93. The SMILES string of the molecule is [CH2]CC(N)C(N)=S. The van der Waals surface area contributed by atoms with Crippen molar-refractivity contribution in [2.75, 3.05) is 0 Å². The molecule has 0 aliphatic carbocycles. The van der Waals surface area contributed by atoms with Crippen LogP contribution in [0.3, 0.4) is 0 Å². The van der Waals surface area contributed by atoms with E-state index in [0.29, 0.717) is 11.4 Å². The maximum atomic E-state index is 5.29. The first-order chi connectivity index (χ1) is 3.18. The van der Waals surface area contributed by atoms with Gasteiger partial charge in [0.15, 0.2) is 0 Å². The molecule has 0 rings (SSSR count). The van der Waals surface area contributed by atoms with E-state index < -0.39 is 0 Å². The van der Waals surface area contributed by atoms with Crippen molar-refractivity contribution < 1.29 is 0 Å². The fourth-order valence-electron chi connectivity index (χ4n) is 0.142. The Bertz CT molecular complexity index is 72.1. The first kappa shape index (κ1) is 6.85. The van der Waals surface area contributed by atoms with E-state index >= 15 is 0 Å². The first-order valence-corrected chi connectivity index (χ1v) is 2.43. The summed E-state index contributed by atoms with van der Waals surface area (Å²) in [6.07, 6.45) is 0.579. The lowest BCUT2D eigenvalue weighted by Gasteiger charge is -2.02. The highest BCUT2D eigenvalue weighted by Crippen LogP contribution is 1.82. The van der Waals surface area contributed by atoms with Crippen LogP contribution in [0.15, 0.2) is 0 Å². The average molecular weight is 117 g/mol. The van der Waals surface area contributed by atoms with Gasteiger partial charge in [-0.15, -0.1) is 0 Å². The topological polar surface area (TPSA) is 52.0 Å². The van der Waals surface area contributed by atoms with E-state index in [4.69, 9.17) is 11.5 Å². The van der Waals surface area contributed by atoms with E-state index in [1.54, 1.807) is 0 Å². The minimum Gasteiger partial charge on any atom is -0.392 e. The zero-order valence-electron chi connectivity index (χ0n) is 4.05. The van der Waals surface area contributed by atoms with Gasteiger partial charge in [0.25, 0.3) is 0 Å². The van der Waals surface area contributed by atoms with Gasteiger partial charge in [-0.25, -0.2) is 0 Å². The lowest BCUT2D eigenvalue weighted by molar-refractivity contribution is 0.878. The maximum Gasteiger partial charge on any atom is 0.0897 e. The van der Waals surface area contributed by atoms with Crippen molar-refractivity contribution in [3.05, 3.63) is 6.92 Å². The molecule has 3 heteroatoms. The Morgan fingerprint density at radius 2 is 2.29 bits per heavy atom. The molecule has 0 bridgehead atoms. The van der Waals surface area contributed by atoms with E-state index in [-0.39, 0.29) is 6.04 Å². The lowest BCUT2D eigenvalue weighted by Crippen LogP contribution is -2.33. The Balaban J connectivity index is 3.34. The van der Waals surface area contributed by atoms with Gasteiger partial charge in [0.1, 0.15) is 0 Å². The predicted molar refractivity (Wildman–Crippen MR) is 34.7 cm³/mol. The Morgan fingerprint density at radius 3 is 2.29 bits per heavy atom. The molecule has 7 heavy (non-hydrogen) atoms. The van der Waals surface area contributed by atoms with E-state index in [9.17, 15) is 0 Å². The van der Waals surface area contributed by atoms with Gasteiger partial charge in [-0.1, -0.05) is 19.1 Å². The van der Waals surface area contributed by atoms with Crippen molar-refractivity contribution in [3.8, 4) is 0 Å². The van der Waals surface area contributed by atoms with Crippen LogP contribution < -0.4 is 11.5 Å². The minimum atomic E-state index is -0.199. The standard InChI is InChI=1S/C4H9N2S/c1-2-3(5)4(6)7/h3H,1-2,5H2,(H2,6,7). The van der Waals surface area contributed by atoms with Crippen LogP contribution in [-0.2, 0) is 0 Å². The summed E-state index contributed by atoms with van der Waals surface area (Å²) >= 11 is 4.53. The fourth-order valence-corrected chi connectivity index (χ4v) is 0.260. The van der Waals surface area contributed by atoms with Gasteiger partial charge in [0.05, 0.1) is 11.0 Å². The monoisotopic (exact) mass is 117 g/mol. The third-order valence-corrected chi connectivity index (χ3v) is 0.979. The largest absolute Gasteiger partial charge is 0.392 e. The average Bonchev–Trinajstić information content (AvgIpc) is 1.65. The molecular weight excluding hydrogens is 108 g/mol. The summed E-state index contributed by atoms with van der Waals surface area (Å²) in [5.74, 6) is 0. The van der Waals surface area contributed by atoms with Crippen LogP contribution in [0.2, 0.25) is 0 Å². The maximum absolute atomic E-state index is 5.29. The molecular formula is C4H9N2S. The second-order valence-corrected chi connectivity index (χ2v) is 1.77. The van der Waals surface area contributed by atoms with Gasteiger partial charge in [-0.3, -0.25) is 0 Å². The molecule has 0 aliphatic heterocycles. The predicted octanol–water partition coefficient (Wildman–Crippen LogP) is -0.176. The van der Waals surface area contributed by atoms with Gasteiger partial charge >= 0.3 is 0 Å². The zero-order chi connectivity index (χ0) is 5.86. The molecule has 1 radical (unpaired) electrons. The van der Waals surface area contributed by atoms with Crippen LogP contribution in [-0.4, -0.2) is 11.0 Å². The second-order valence-electron chi connectivity index (χ2n) is 1.30. The molecule has 2 nitrogen and oxygen atoms in total. The highest BCUT2D eigenvalue weighted by molar-refractivity contribution is 7.80. The highest BCUT2D eigenvalue weighted by atomic mass is 32.1. The Labute approximate surface area is 48.9 Å². The molecule has 0 aliphatic rings. The van der Waals surface area contributed by atoms with Gasteiger partial charge in [0, 0.05) is 0 Å². The molecule has 4 N–H and O–H groups in total. The Kier molecular flexibility index (Phi) is 2.87. The van der Waals surface area contributed by atoms with Crippen molar-refractivity contribution >= 4 is 17.2 Å². The fraction of sp³-hybridized carbons (Fsp3) is 0.500. The van der Waals surface area contributed by atoms with Gasteiger partial charge in [-0.05, 0) is 6.42 Å². The molecule has 41 valence electrons. The van der Waals surface area contributed by atoms with Crippen molar-refractivity contribution in [2.24, 2.45) is 11.5 Å². The number of hydrogen-bond donors (Lipinski definition) is 2. The summed E-state index contributed by atoms with van der Waals surface area (Å²) in [5.41, 5.74) is 10.4. The van der Waals surface area contributed by atoms with Crippen LogP contribution in [0.1, 0.15) is 6.42 Å². The van der Waals surface area contributed by atoms with E-state index in [1.165, 1.54) is 0 Å². The Morgan fingerprint density at radius 1 is 1.86 bits per heavy atom. The zero-order valence-corrected chi connectivity index (χ0v) is 4.87. The molecule has 1 atom stereocenters. The minimum absolute atomic E-state index is 0.199. The molecule has 0 aromatic carbocycles. The summed E-state index contributed by atoms with van der Waals surface area (Å²) < 4.78 is 0. The number of rotatable bonds is 2. The third-order valence-electron chi connectivity index (χ3n) is 0.676. The molecule has 0 heterocycles. The Hall–Kier alpha value is -0.150. The lowest BCUT2D eigenvalue weighted by atomic mass is 10.2. The number of thiocarbonyl (C=S) groups is 1. The number of hydrogen-bond acceptors (Lipinski definition) is 2. The van der Waals surface area contributed by atoms with Crippen LogP contribution in [0.25, 0.3) is 0 Å². The molecule has 0 amide bonds. The van der Waals surface area contributed by atoms with Crippen molar-refractivity contribution in [3.63, 3.8) is 0 Å². The first-order valence-electron chi connectivity index (χ1n) is 2.02. The molecule has 0 aromatic heterocycles. The van der Waals surface area contributed by atoms with Gasteiger partial charge in [-0.2, -0.15) is 0 Å². The van der Waals surface area contributed by atoms with Crippen LogP contribution in [0, 0.1) is 6.92 Å². The van der Waals surface area contributed by atoms with E-state index in [2.05, 4.69) is 19.1 Å². The summed E-state index contributed by atoms with van der Waals surface area (Å²) in [7, 11) is 0. The van der Waals surface area contributed by atoms with Crippen LogP contribution in [0.5, 0.6) is 0 Å². The molecule has 0 spiro atoms. The van der Waals surface area contributed by atoms with Gasteiger partial charge in [0.2, 0.25) is 0 Å². The molecule has 0 saturated carbocycles. The summed E-state index contributed by atoms with van der Waals surface area (Å²) in [6.45, 7) is 3.51. The number of nitrogens with two attached hydrogens (primary N) is 2. The third kappa shape index (κ3) is 2.53. The van der Waals surface area contributed by atoms with Crippen LogP contribution in [0.4, 0.5) is 0 Å². The smallest absolute Gasteiger partial charge is 0.0897 e. The van der Waals surface area contributed by atoms with Crippen molar-refractivity contribution in [1.29, 1.82) is 0 Å². The molecule has 1 unspecified atom stereocenters. The van der Waals surface area contributed by atoms with Crippen LogP contribution >= 0.6 is 12.2 Å². The molecule has 0 aromatic rings. The van der Waals surface area contributed by atoms with Crippen molar-refractivity contribution in [1.82, 2.24) is 0 Å². The normalized spacial score (nSPS) is 13.4. The summed E-state index contributed by atoms with van der Waals surface area (Å²) in [6, 6.07) is -0.199. The molecule has 0 saturated heterocycles. The van der Waals surface area contributed by atoms with Gasteiger partial charge < -0.3 is 11.5 Å².